The van der Waals surface area contributed by atoms with E-state index in [1.807, 2.05) is 45.0 Å². The predicted molar refractivity (Wildman–Crippen MR) is 121 cm³/mol. The van der Waals surface area contributed by atoms with Crippen LogP contribution in [0.3, 0.4) is 0 Å². The Morgan fingerprint density at radius 3 is 2.33 bits per heavy atom. The Kier molecular flexibility index (Phi) is 6.90. The molecule has 3 aromatic rings. The van der Waals surface area contributed by atoms with Crippen molar-refractivity contribution in [2.24, 2.45) is 0 Å². The number of nitrogens with one attached hydrogen (secondary N) is 2. The van der Waals surface area contributed by atoms with Gasteiger partial charge in [-0.2, -0.15) is 0 Å². The molecule has 0 heterocycles. The Labute approximate surface area is 179 Å². The number of amides is 2. The average molecular weight is 423 g/mol. The van der Waals surface area contributed by atoms with Gasteiger partial charge in [0.15, 0.2) is 0 Å². The SMILES string of the molecule is Cc1ccc(NC(=O)C(C)Sc2cccc(NC(=O)c3ccccc3F)c2)cc1C. The van der Waals surface area contributed by atoms with Gasteiger partial charge in [-0.25, -0.2) is 4.39 Å². The summed E-state index contributed by atoms with van der Waals surface area (Å²) in [5.74, 6) is -1.20. The molecule has 0 bridgehead atoms. The van der Waals surface area contributed by atoms with Crippen LogP contribution in [-0.4, -0.2) is 17.1 Å². The van der Waals surface area contributed by atoms with E-state index in [1.54, 1.807) is 24.3 Å². The van der Waals surface area contributed by atoms with E-state index in [4.69, 9.17) is 0 Å². The van der Waals surface area contributed by atoms with Crippen LogP contribution < -0.4 is 10.6 Å². The quantitative estimate of drug-likeness (QED) is 0.493. The number of thioether (sulfide) groups is 1. The summed E-state index contributed by atoms with van der Waals surface area (Å²) in [4.78, 5) is 25.7. The Morgan fingerprint density at radius 1 is 0.867 bits per heavy atom. The molecule has 0 aliphatic rings. The molecule has 2 N–H and O–H groups in total. The first-order valence-electron chi connectivity index (χ1n) is 9.54. The summed E-state index contributed by atoms with van der Waals surface area (Å²) < 4.78 is 13.8. The molecule has 0 aliphatic heterocycles. The van der Waals surface area contributed by atoms with Gasteiger partial charge in [-0.3, -0.25) is 9.59 Å². The second kappa shape index (κ2) is 9.59. The Morgan fingerprint density at radius 2 is 1.60 bits per heavy atom. The van der Waals surface area contributed by atoms with Gasteiger partial charge in [0.05, 0.1) is 10.8 Å². The maximum absolute atomic E-state index is 13.8. The summed E-state index contributed by atoms with van der Waals surface area (Å²) >= 11 is 1.38. The molecule has 0 radical (unpaired) electrons. The van der Waals surface area contributed by atoms with E-state index >= 15 is 0 Å². The van der Waals surface area contributed by atoms with Gasteiger partial charge in [0.2, 0.25) is 5.91 Å². The largest absolute Gasteiger partial charge is 0.325 e. The number of rotatable bonds is 6. The molecule has 2 amide bonds. The van der Waals surface area contributed by atoms with Crippen LogP contribution in [0.25, 0.3) is 0 Å². The molecule has 3 rings (SSSR count). The van der Waals surface area contributed by atoms with E-state index in [9.17, 15) is 14.0 Å². The number of hydrogen-bond acceptors (Lipinski definition) is 3. The van der Waals surface area contributed by atoms with Crippen LogP contribution in [0.4, 0.5) is 15.8 Å². The van der Waals surface area contributed by atoms with E-state index < -0.39 is 11.7 Å². The van der Waals surface area contributed by atoms with Gasteiger partial charge < -0.3 is 10.6 Å². The molecule has 1 unspecified atom stereocenters. The van der Waals surface area contributed by atoms with Crippen LogP contribution in [-0.2, 0) is 4.79 Å². The summed E-state index contributed by atoms with van der Waals surface area (Å²) in [6.45, 7) is 5.85. The molecule has 0 aliphatic carbocycles. The minimum Gasteiger partial charge on any atom is -0.325 e. The molecule has 4 nitrogen and oxygen atoms in total. The summed E-state index contributed by atoms with van der Waals surface area (Å²) in [5, 5.41) is 5.29. The lowest BCUT2D eigenvalue weighted by molar-refractivity contribution is -0.115. The molecular weight excluding hydrogens is 399 g/mol. The van der Waals surface area contributed by atoms with Crippen LogP contribution in [0.5, 0.6) is 0 Å². The fraction of sp³-hybridized carbons (Fsp3) is 0.167. The number of carbonyl (C=O) groups excluding carboxylic acids is 2. The number of carbonyl (C=O) groups is 2. The lowest BCUT2D eigenvalue weighted by Crippen LogP contribution is -2.22. The summed E-state index contributed by atoms with van der Waals surface area (Å²) in [7, 11) is 0. The maximum atomic E-state index is 13.8. The standard InChI is InChI=1S/C24H23FN2O2S/c1-15-11-12-19(13-16(15)2)26-23(28)17(3)30-20-8-6-7-18(14-20)27-24(29)21-9-4-5-10-22(21)25/h4-14,17H,1-3H3,(H,26,28)(H,27,29). The highest BCUT2D eigenvalue weighted by Gasteiger charge is 2.16. The zero-order chi connectivity index (χ0) is 21.7. The second-order valence-corrected chi connectivity index (χ2v) is 8.42. The molecule has 0 aromatic heterocycles. The van der Waals surface area contributed by atoms with Crippen molar-refractivity contribution in [3.8, 4) is 0 Å². The first-order valence-corrected chi connectivity index (χ1v) is 10.4. The monoisotopic (exact) mass is 422 g/mol. The van der Waals surface area contributed by atoms with E-state index in [2.05, 4.69) is 10.6 Å². The highest BCUT2D eigenvalue weighted by Crippen LogP contribution is 2.27. The molecule has 1 atom stereocenters. The van der Waals surface area contributed by atoms with Crippen molar-refractivity contribution in [3.05, 3.63) is 89.2 Å². The maximum Gasteiger partial charge on any atom is 0.258 e. The van der Waals surface area contributed by atoms with Gasteiger partial charge in [-0.15, -0.1) is 11.8 Å². The second-order valence-electron chi connectivity index (χ2n) is 7.01. The van der Waals surface area contributed by atoms with Crippen molar-refractivity contribution in [2.75, 3.05) is 10.6 Å². The number of anilines is 2. The van der Waals surface area contributed by atoms with Crippen molar-refractivity contribution in [3.63, 3.8) is 0 Å². The van der Waals surface area contributed by atoms with E-state index in [1.165, 1.54) is 35.5 Å². The fourth-order valence-electron chi connectivity index (χ4n) is 2.81. The first-order chi connectivity index (χ1) is 14.3. The Bertz CT molecular complexity index is 1080. The van der Waals surface area contributed by atoms with Gasteiger partial charge in [-0.1, -0.05) is 24.3 Å². The molecule has 3 aromatic carbocycles. The van der Waals surface area contributed by atoms with Crippen molar-refractivity contribution in [1.29, 1.82) is 0 Å². The van der Waals surface area contributed by atoms with Crippen LogP contribution in [0.15, 0.2) is 71.6 Å². The van der Waals surface area contributed by atoms with Gasteiger partial charge in [0.25, 0.3) is 5.91 Å². The third kappa shape index (κ3) is 5.48. The summed E-state index contributed by atoms with van der Waals surface area (Å²) in [5.41, 5.74) is 3.57. The highest BCUT2D eigenvalue weighted by molar-refractivity contribution is 8.00. The van der Waals surface area contributed by atoms with E-state index in [-0.39, 0.29) is 16.7 Å². The van der Waals surface area contributed by atoms with Crippen molar-refractivity contribution < 1.29 is 14.0 Å². The lowest BCUT2D eigenvalue weighted by Gasteiger charge is -2.14. The number of aryl methyl sites for hydroxylation is 2. The lowest BCUT2D eigenvalue weighted by atomic mass is 10.1. The van der Waals surface area contributed by atoms with Crippen LogP contribution in [0, 0.1) is 19.7 Å². The van der Waals surface area contributed by atoms with Crippen molar-refractivity contribution >= 4 is 35.0 Å². The minimum absolute atomic E-state index is 0.0170. The molecular formula is C24H23FN2O2S. The third-order valence-electron chi connectivity index (χ3n) is 4.67. The normalized spacial score (nSPS) is 11.6. The van der Waals surface area contributed by atoms with Crippen LogP contribution in [0.1, 0.15) is 28.4 Å². The Hall–Kier alpha value is -3.12. The molecule has 30 heavy (non-hydrogen) atoms. The zero-order valence-corrected chi connectivity index (χ0v) is 17.8. The summed E-state index contributed by atoms with van der Waals surface area (Å²) in [6, 6.07) is 18.8. The molecule has 154 valence electrons. The average Bonchev–Trinajstić information content (AvgIpc) is 2.71. The smallest absolute Gasteiger partial charge is 0.258 e. The van der Waals surface area contributed by atoms with E-state index in [0.29, 0.717) is 5.69 Å². The van der Waals surface area contributed by atoms with Gasteiger partial charge in [0, 0.05) is 16.3 Å². The Balaban J connectivity index is 1.64. The predicted octanol–water partition coefficient (Wildman–Crippen LogP) is 5.81. The van der Waals surface area contributed by atoms with Gasteiger partial charge in [0.1, 0.15) is 5.82 Å². The van der Waals surface area contributed by atoms with Crippen LogP contribution in [0.2, 0.25) is 0 Å². The number of halogens is 1. The number of hydrogen-bond donors (Lipinski definition) is 2. The zero-order valence-electron chi connectivity index (χ0n) is 17.0. The number of benzene rings is 3. The van der Waals surface area contributed by atoms with E-state index in [0.717, 1.165) is 16.1 Å². The third-order valence-corrected chi connectivity index (χ3v) is 5.76. The minimum atomic E-state index is -0.572. The van der Waals surface area contributed by atoms with Crippen LogP contribution >= 0.6 is 11.8 Å². The van der Waals surface area contributed by atoms with Crippen molar-refractivity contribution in [2.45, 2.75) is 30.9 Å². The molecule has 6 heteroatoms. The summed E-state index contributed by atoms with van der Waals surface area (Å²) in [6.07, 6.45) is 0. The highest BCUT2D eigenvalue weighted by atomic mass is 32.2. The van der Waals surface area contributed by atoms with Crippen molar-refractivity contribution in [1.82, 2.24) is 0 Å². The van der Waals surface area contributed by atoms with Gasteiger partial charge >= 0.3 is 0 Å². The first kappa shape index (κ1) is 21.6. The topological polar surface area (TPSA) is 58.2 Å². The molecule has 0 saturated carbocycles. The molecule has 0 spiro atoms. The molecule has 0 saturated heterocycles. The fourth-order valence-corrected chi connectivity index (χ4v) is 3.74. The molecule has 0 fully saturated rings. The van der Waals surface area contributed by atoms with Gasteiger partial charge in [-0.05, 0) is 74.4 Å².